The molecular weight excluding hydrogens is 372 g/mol. The molecule has 6 heteroatoms. The summed E-state index contributed by atoms with van der Waals surface area (Å²) in [6.45, 7) is 9.69. The van der Waals surface area contributed by atoms with Crippen LogP contribution in [0.3, 0.4) is 0 Å². The van der Waals surface area contributed by atoms with Crippen LogP contribution in [0.2, 0.25) is 5.02 Å². The Kier molecular flexibility index (Phi) is 7.75. The average molecular weight is 407 g/mol. The van der Waals surface area contributed by atoms with Crippen molar-refractivity contribution >= 4 is 17.5 Å². The Morgan fingerprint density at radius 3 is 2.39 bits per heavy atom. The third-order valence-electron chi connectivity index (χ3n) is 6.25. The first-order chi connectivity index (χ1) is 13.5. The smallest absolute Gasteiger partial charge is 0.239 e. The maximum absolute atomic E-state index is 13.2. The van der Waals surface area contributed by atoms with Crippen molar-refractivity contribution in [1.29, 1.82) is 0 Å². The lowest BCUT2D eigenvalue weighted by molar-refractivity contribution is -0.135. The molecule has 156 valence electrons. The van der Waals surface area contributed by atoms with Crippen LogP contribution >= 0.6 is 11.6 Å². The predicted molar refractivity (Wildman–Crippen MR) is 116 cm³/mol. The quantitative estimate of drug-likeness (QED) is 0.755. The van der Waals surface area contributed by atoms with Gasteiger partial charge in [0.15, 0.2) is 0 Å². The van der Waals surface area contributed by atoms with E-state index < -0.39 is 0 Å². The molecule has 28 heavy (non-hydrogen) atoms. The third-order valence-corrected chi connectivity index (χ3v) is 6.50. The van der Waals surface area contributed by atoms with Gasteiger partial charge in [0.2, 0.25) is 5.91 Å². The molecule has 2 fully saturated rings. The first kappa shape index (κ1) is 21.6. The third kappa shape index (κ3) is 5.47. The highest BCUT2D eigenvalue weighted by molar-refractivity contribution is 6.30. The van der Waals surface area contributed by atoms with Crippen molar-refractivity contribution in [3.05, 3.63) is 34.9 Å². The van der Waals surface area contributed by atoms with E-state index in [4.69, 9.17) is 11.6 Å². The van der Waals surface area contributed by atoms with E-state index in [1.807, 2.05) is 17.0 Å². The van der Waals surface area contributed by atoms with Crippen molar-refractivity contribution in [2.24, 2.45) is 0 Å². The van der Waals surface area contributed by atoms with Crippen LogP contribution in [0.25, 0.3) is 0 Å². The summed E-state index contributed by atoms with van der Waals surface area (Å²) in [5.41, 5.74) is 1.21. The summed E-state index contributed by atoms with van der Waals surface area (Å²) in [7, 11) is 2.19. The van der Waals surface area contributed by atoms with Gasteiger partial charge in [-0.15, -0.1) is 0 Å². The standard InChI is InChI=1S/C22H35ClN4O/c1-4-26(5-2)22(28)21-14-20(24-19-10-12-25(3)13-11-19)16-27(21)15-17-6-8-18(23)9-7-17/h6-9,19-21,24H,4-5,10-16H2,1-3H3/t20-,21+/m1/s1. The average Bonchev–Trinajstić information content (AvgIpc) is 3.08. The largest absolute Gasteiger partial charge is 0.342 e. The summed E-state index contributed by atoms with van der Waals surface area (Å²) in [5, 5.41) is 4.62. The van der Waals surface area contributed by atoms with Gasteiger partial charge in [0.1, 0.15) is 0 Å². The fourth-order valence-electron chi connectivity index (χ4n) is 4.53. The maximum Gasteiger partial charge on any atom is 0.239 e. The molecule has 1 N–H and O–H groups in total. The molecule has 2 aliphatic rings. The molecule has 0 spiro atoms. The number of carbonyl (C=O) groups excluding carboxylic acids is 1. The minimum atomic E-state index is -0.0423. The van der Waals surface area contributed by atoms with Gasteiger partial charge < -0.3 is 15.1 Å². The Morgan fingerprint density at radius 2 is 1.79 bits per heavy atom. The number of rotatable bonds is 7. The Balaban J connectivity index is 1.68. The van der Waals surface area contributed by atoms with Crippen molar-refractivity contribution in [1.82, 2.24) is 20.0 Å². The molecule has 3 rings (SSSR count). The van der Waals surface area contributed by atoms with Gasteiger partial charge in [-0.1, -0.05) is 23.7 Å². The lowest BCUT2D eigenvalue weighted by Crippen LogP contribution is -2.46. The molecule has 0 aliphatic carbocycles. The number of nitrogens with one attached hydrogen (secondary N) is 1. The van der Waals surface area contributed by atoms with E-state index in [9.17, 15) is 4.79 Å². The fraction of sp³-hybridized carbons (Fsp3) is 0.682. The van der Waals surface area contributed by atoms with Gasteiger partial charge in [-0.2, -0.15) is 0 Å². The predicted octanol–water partition coefficient (Wildman–Crippen LogP) is 2.84. The van der Waals surface area contributed by atoms with Gasteiger partial charge in [0.05, 0.1) is 6.04 Å². The molecule has 0 aromatic heterocycles. The Bertz CT molecular complexity index is 626. The topological polar surface area (TPSA) is 38.8 Å². The van der Waals surface area contributed by atoms with Gasteiger partial charge >= 0.3 is 0 Å². The van der Waals surface area contributed by atoms with Crippen LogP contribution < -0.4 is 5.32 Å². The highest BCUT2D eigenvalue weighted by atomic mass is 35.5. The van der Waals surface area contributed by atoms with Crippen LogP contribution in [0, 0.1) is 0 Å². The lowest BCUT2D eigenvalue weighted by atomic mass is 10.0. The second-order valence-electron chi connectivity index (χ2n) is 8.26. The molecule has 0 saturated carbocycles. The number of carbonyl (C=O) groups is 1. The molecule has 0 radical (unpaired) electrons. The first-order valence-electron chi connectivity index (χ1n) is 10.7. The molecule has 0 bridgehead atoms. The van der Waals surface area contributed by atoms with Gasteiger partial charge in [0.25, 0.3) is 0 Å². The normalized spacial score (nSPS) is 24.6. The number of benzene rings is 1. The molecule has 2 atom stereocenters. The lowest BCUT2D eigenvalue weighted by Gasteiger charge is -2.31. The van der Waals surface area contributed by atoms with Crippen molar-refractivity contribution in [2.45, 2.75) is 57.8 Å². The Morgan fingerprint density at radius 1 is 1.14 bits per heavy atom. The van der Waals surface area contributed by atoms with Crippen LogP contribution in [0.4, 0.5) is 0 Å². The summed E-state index contributed by atoms with van der Waals surface area (Å²) < 4.78 is 0. The van der Waals surface area contributed by atoms with Crippen molar-refractivity contribution in [3.8, 4) is 0 Å². The van der Waals surface area contributed by atoms with E-state index in [-0.39, 0.29) is 11.9 Å². The van der Waals surface area contributed by atoms with E-state index in [1.165, 1.54) is 18.4 Å². The monoisotopic (exact) mass is 406 g/mol. The van der Waals surface area contributed by atoms with E-state index in [1.54, 1.807) is 0 Å². The van der Waals surface area contributed by atoms with E-state index >= 15 is 0 Å². The Labute approximate surface area is 175 Å². The SMILES string of the molecule is CCN(CC)C(=O)[C@@H]1C[C@@H](NC2CCN(C)CC2)CN1Cc1ccc(Cl)cc1. The van der Waals surface area contributed by atoms with Crippen LogP contribution in [0.1, 0.15) is 38.7 Å². The molecule has 2 heterocycles. The molecule has 1 aromatic rings. The number of piperidine rings is 1. The number of hydrogen-bond donors (Lipinski definition) is 1. The second-order valence-corrected chi connectivity index (χ2v) is 8.70. The minimum Gasteiger partial charge on any atom is -0.342 e. The number of amides is 1. The van der Waals surface area contributed by atoms with E-state index in [2.05, 4.69) is 48.1 Å². The molecule has 5 nitrogen and oxygen atoms in total. The van der Waals surface area contributed by atoms with Gasteiger partial charge in [-0.3, -0.25) is 9.69 Å². The number of likely N-dealkylation sites (N-methyl/N-ethyl adjacent to an activating group) is 1. The Hall–Kier alpha value is -1.14. The van der Waals surface area contributed by atoms with Gasteiger partial charge in [0, 0.05) is 43.3 Å². The summed E-state index contributed by atoms with van der Waals surface area (Å²) in [4.78, 5) is 19.9. The van der Waals surface area contributed by atoms with Crippen molar-refractivity contribution in [2.75, 3.05) is 39.8 Å². The first-order valence-corrected chi connectivity index (χ1v) is 11.1. The second kappa shape index (κ2) is 10.1. The van der Waals surface area contributed by atoms with Crippen LogP contribution in [-0.2, 0) is 11.3 Å². The van der Waals surface area contributed by atoms with Crippen LogP contribution in [0.15, 0.2) is 24.3 Å². The molecule has 0 unspecified atom stereocenters. The fourth-order valence-corrected chi connectivity index (χ4v) is 4.66. The van der Waals surface area contributed by atoms with Gasteiger partial charge in [-0.25, -0.2) is 0 Å². The van der Waals surface area contributed by atoms with E-state index in [0.717, 1.165) is 50.7 Å². The van der Waals surface area contributed by atoms with Crippen molar-refractivity contribution < 1.29 is 4.79 Å². The highest BCUT2D eigenvalue weighted by Gasteiger charge is 2.39. The number of likely N-dealkylation sites (tertiary alicyclic amines) is 2. The number of nitrogens with zero attached hydrogens (tertiary/aromatic N) is 3. The molecule has 1 amide bonds. The van der Waals surface area contributed by atoms with Crippen LogP contribution in [-0.4, -0.2) is 78.5 Å². The number of hydrogen-bond acceptors (Lipinski definition) is 4. The summed E-state index contributed by atoms with van der Waals surface area (Å²) >= 11 is 6.04. The maximum atomic E-state index is 13.2. The molecular formula is C22H35ClN4O. The minimum absolute atomic E-state index is 0.0423. The zero-order chi connectivity index (χ0) is 20.1. The zero-order valence-corrected chi connectivity index (χ0v) is 18.3. The van der Waals surface area contributed by atoms with Crippen LogP contribution in [0.5, 0.6) is 0 Å². The summed E-state index contributed by atoms with van der Waals surface area (Å²) in [6.07, 6.45) is 3.28. The summed E-state index contributed by atoms with van der Waals surface area (Å²) in [6, 6.07) is 8.91. The highest BCUT2D eigenvalue weighted by Crippen LogP contribution is 2.24. The molecule has 2 saturated heterocycles. The van der Waals surface area contributed by atoms with Crippen molar-refractivity contribution in [3.63, 3.8) is 0 Å². The number of halogens is 1. The molecule has 1 aromatic carbocycles. The van der Waals surface area contributed by atoms with E-state index in [0.29, 0.717) is 12.1 Å². The molecule has 2 aliphatic heterocycles. The zero-order valence-electron chi connectivity index (χ0n) is 17.5. The summed E-state index contributed by atoms with van der Waals surface area (Å²) in [5.74, 6) is 0.270. The van der Waals surface area contributed by atoms with Gasteiger partial charge in [-0.05, 0) is 70.9 Å².